The van der Waals surface area contributed by atoms with Crippen molar-refractivity contribution in [1.82, 2.24) is 29.8 Å². The quantitative estimate of drug-likeness (QED) is 0.710. The summed E-state index contributed by atoms with van der Waals surface area (Å²) in [5, 5.41) is 6.70. The molecule has 1 N–H and O–H groups in total. The summed E-state index contributed by atoms with van der Waals surface area (Å²) in [4.78, 5) is 33.2. The molecular formula is C11H12N6O2. The second kappa shape index (κ2) is 4.30. The molecule has 0 radical (unpaired) electrons. The Bertz CT molecular complexity index is 664. The Morgan fingerprint density at radius 2 is 2.26 bits per heavy atom. The zero-order valence-electron chi connectivity index (χ0n) is 10.3. The van der Waals surface area contributed by atoms with Gasteiger partial charge in [0, 0.05) is 19.3 Å². The Morgan fingerprint density at radius 1 is 1.42 bits per heavy atom. The molecule has 3 rings (SSSR count). The molecular weight excluding hydrogens is 248 g/mol. The lowest BCUT2D eigenvalue weighted by Gasteiger charge is -2.27. The van der Waals surface area contributed by atoms with Crippen LogP contribution in [-0.4, -0.2) is 55.9 Å². The van der Waals surface area contributed by atoms with Gasteiger partial charge in [0.15, 0.2) is 0 Å². The minimum atomic E-state index is -0.211. The van der Waals surface area contributed by atoms with Crippen LogP contribution in [-0.2, 0) is 4.79 Å². The first-order chi connectivity index (χ1) is 9.16. The highest BCUT2D eigenvalue weighted by Gasteiger charge is 2.24. The number of piperazine rings is 1. The average molecular weight is 260 g/mol. The van der Waals surface area contributed by atoms with Crippen LogP contribution in [0.5, 0.6) is 0 Å². The lowest BCUT2D eigenvalue weighted by atomic mass is 10.2. The normalized spacial score (nSPS) is 15.6. The van der Waals surface area contributed by atoms with Gasteiger partial charge in [-0.25, -0.2) is 9.50 Å². The molecule has 19 heavy (non-hydrogen) atoms. The third kappa shape index (κ3) is 1.90. The van der Waals surface area contributed by atoms with Crippen LogP contribution in [0.3, 0.4) is 0 Å². The molecule has 1 aliphatic rings. The molecule has 98 valence electrons. The van der Waals surface area contributed by atoms with Crippen molar-refractivity contribution in [2.45, 2.75) is 6.92 Å². The largest absolute Gasteiger partial charge is 0.353 e. The van der Waals surface area contributed by atoms with E-state index in [2.05, 4.69) is 20.4 Å². The number of rotatable bonds is 1. The van der Waals surface area contributed by atoms with Crippen molar-refractivity contribution in [3.8, 4) is 0 Å². The number of carbonyl (C=O) groups excluding carboxylic acids is 2. The van der Waals surface area contributed by atoms with E-state index in [4.69, 9.17) is 0 Å². The van der Waals surface area contributed by atoms with Crippen LogP contribution in [0.2, 0.25) is 0 Å². The van der Waals surface area contributed by atoms with E-state index in [-0.39, 0.29) is 18.4 Å². The zero-order valence-corrected chi connectivity index (χ0v) is 10.3. The topological polar surface area (TPSA) is 92.5 Å². The summed E-state index contributed by atoms with van der Waals surface area (Å²) in [6.45, 7) is 2.83. The van der Waals surface area contributed by atoms with E-state index in [1.54, 1.807) is 6.92 Å². The number of carbonyl (C=O) groups is 2. The molecule has 0 aliphatic carbocycles. The summed E-state index contributed by atoms with van der Waals surface area (Å²) < 4.78 is 1.51. The van der Waals surface area contributed by atoms with Crippen molar-refractivity contribution in [2.75, 3.05) is 19.6 Å². The predicted octanol–water partition coefficient (Wildman–Crippen LogP) is -0.995. The van der Waals surface area contributed by atoms with Crippen molar-refractivity contribution in [3.05, 3.63) is 23.8 Å². The van der Waals surface area contributed by atoms with Crippen LogP contribution < -0.4 is 5.32 Å². The van der Waals surface area contributed by atoms with Crippen molar-refractivity contribution in [1.29, 1.82) is 0 Å². The highest BCUT2D eigenvalue weighted by molar-refractivity contribution is 5.97. The van der Waals surface area contributed by atoms with Gasteiger partial charge in [-0.1, -0.05) is 0 Å². The van der Waals surface area contributed by atoms with Crippen LogP contribution in [0.25, 0.3) is 5.78 Å². The smallest absolute Gasteiger partial charge is 0.257 e. The molecule has 0 spiro atoms. The molecule has 0 atom stereocenters. The van der Waals surface area contributed by atoms with Gasteiger partial charge in [-0.3, -0.25) is 9.59 Å². The first kappa shape index (κ1) is 11.6. The van der Waals surface area contributed by atoms with Gasteiger partial charge in [0.25, 0.3) is 11.7 Å². The molecule has 2 aromatic rings. The minimum absolute atomic E-state index is 0.0771. The first-order valence-electron chi connectivity index (χ1n) is 5.88. The van der Waals surface area contributed by atoms with E-state index in [0.717, 1.165) is 0 Å². The van der Waals surface area contributed by atoms with Crippen molar-refractivity contribution in [3.63, 3.8) is 0 Å². The third-order valence-electron chi connectivity index (χ3n) is 3.10. The Hall–Kier alpha value is -2.51. The van der Waals surface area contributed by atoms with Gasteiger partial charge in [0.2, 0.25) is 5.91 Å². The molecule has 3 heterocycles. The first-order valence-corrected chi connectivity index (χ1v) is 5.88. The molecule has 8 nitrogen and oxygen atoms in total. The number of fused-ring (bicyclic) bond motifs is 1. The standard InChI is InChI=1S/C11H12N6O2/c1-7-8(4-13-11-14-6-15-17(7)11)10(19)16-3-2-12-9(18)5-16/h4,6H,2-3,5H2,1H3,(H,12,18). The van der Waals surface area contributed by atoms with Crippen molar-refractivity contribution < 1.29 is 9.59 Å². The molecule has 0 unspecified atom stereocenters. The Kier molecular flexibility index (Phi) is 2.62. The fourth-order valence-electron chi connectivity index (χ4n) is 2.08. The van der Waals surface area contributed by atoms with Gasteiger partial charge >= 0.3 is 0 Å². The van der Waals surface area contributed by atoms with Gasteiger partial charge in [0.05, 0.1) is 17.8 Å². The number of amides is 2. The van der Waals surface area contributed by atoms with Gasteiger partial charge in [-0.15, -0.1) is 0 Å². The molecule has 0 aromatic carbocycles. The summed E-state index contributed by atoms with van der Waals surface area (Å²) in [7, 11) is 0. The number of aromatic nitrogens is 4. The SMILES string of the molecule is Cc1c(C(=O)N2CCNC(=O)C2)cnc2ncnn12. The van der Waals surface area contributed by atoms with Crippen molar-refractivity contribution in [2.24, 2.45) is 0 Å². The van der Waals surface area contributed by atoms with E-state index in [0.29, 0.717) is 30.1 Å². The molecule has 2 amide bonds. The summed E-state index contributed by atoms with van der Waals surface area (Å²) in [5.74, 6) is 0.0923. The molecule has 2 aromatic heterocycles. The summed E-state index contributed by atoms with van der Waals surface area (Å²) in [6.07, 6.45) is 2.87. The molecule has 0 bridgehead atoms. The summed E-state index contributed by atoms with van der Waals surface area (Å²) in [5.41, 5.74) is 1.10. The summed E-state index contributed by atoms with van der Waals surface area (Å²) in [6, 6.07) is 0. The monoisotopic (exact) mass is 260 g/mol. The highest BCUT2D eigenvalue weighted by Crippen LogP contribution is 2.11. The van der Waals surface area contributed by atoms with Crippen LogP contribution in [0.1, 0.15) is 16.1 Å². The minimum Gasteiger partial charge on any atom is -0.353 e. The second-order valence-corrected chi connectivity index (χ2v) is 4.31. The van der Waals surface area contributed by atoms with Crippen LogP contribution in [0, 0.1) is 6.92 Å². The lowest BCUT2D eigenvalue weighted by Crippen LogP contribution is -2.50. The number of aryl methyl sites for hydroxylation is 1. The van der Waals surface area contributed by atoms with Crippen LogP contribution in [0.15, 0.2) is 12.5 Å². The maximum absolute atomic E-state index is 12.4. The van der Waals surface area contributed by atoms with Crippen LogP contribution in [0.4, 0.5) is 0 Å². The summed E-state index contributed by atoms with van der Waals surface area (Å²) >= 11 is 0. The molecule has 8 heteroatoms. The molecule has 1 aliphatic heterocycles. The Labute approximate surface area is 108 Å². The zero-order chi connectivity index (χ0) is 13.4. The van der Waals surface area contributed by atoms with E-state index < -0.39 is 0 Å². The van der Waals surface area contributed by atoms with Gasteiger partial charge in [-0.05, 0) is 6.92 Å². The molecule has 0 saturated carbocycles. The maximum atomic E-state index is 12.4. The maximum Gasteiger partial charge on any atom is 0.257 e. The second-order valence-electron chi connectivity index (χ2n) is 4.31. The number of hydrogen-bond acceptors (Lipinski definition) is 5. The Balaban J connectivity index is 1.96. The van der Waals surface area contributed by atoms with E-state index in [1.165, 1.54) is 21.9 Å². The number of nitrogens with one attached hydrogen (secondary N) is 1. The highest BCUT2D eigenvalue weighted by atomic mass is 16.2. The predicted molar refractivity (Wildman–Crippen MR) is 64.4 cm³/mol. The van der Waals surface area contributed by atoms with Gasteiger partial charge in [-0.2, -0.15) is 10.1 Å². The van der Waals surface area contributed by atoms with E-state index >= 15 is 0 Å². The van der Waals surface area contributed by atoms with Crippen molar-refractivity contribution >= 4 is 17.6 Å². The Morgan fingerprint density at radius 3 is 3.05 bits per heavy atom. The third-order valence-corrected chi connectivity index (χ3v) is 3.10. The van der Waals surface area contributed by atoms with E-state index in [1.807, 2.05) is 0 Å². The fraction of sp³-hybridized carbons (Fsp3) is 0.364. The fourth-order valence-corrected chi connectivity index (χ4v) is 2.08. The lowest BCUT2D eigenvalue weighted by molar-refractivity contribution is -0.123. The van der Waals surface area contributed by atoms with E-state index in [9.17, 15) is 9.59 Å². The van der Waals surface area contributed by atoms with Crippen LogP contribution >= 0.6 is 0 Å². The number of hydrogen-bond donors (Lipinski definition) is 1. The molecule has 1 saturated heterocycles. The van der Waals surface area contributed by atoms with Gasteiger partial charge < -0.3 is 10.2 Å². The average Bonchev–Trinajstić information content (AvgIpc) is 2.88. The number of nitrogens with zero attached hydrogens (tertiary/aromatic N) is 5. The van der Waals surface area contributed by atoms with Gasteiger partial charge in [0.1, 0.15) is 6.33 Å². The molecule has 1 fully saturated rings.